The minimum Gasteiger partial charge on any atom is -0.306 e. The van der Waals surface area contributed by atoms with Crippen molar-refractivity contribution in [3.05, 3.63) is 32.6 Å². The van der Waals surface area contributed by atoms with Crippen molar-refractivity contribution >= 4 is 50.0 Å². The Kier molecular flexibility index (Phi) is 4.18. The quantitative estimate of drug-likeness (QED) is 0.687. The van der Waals surface area contributed by atoms with Gasteiger partial charge in [-0.3, -0.25) is 0 Å². The van der Waals surface area contributed by atoms with Crippen molar-refractivity contribution in [3.8, 4) is 0 Å². The van der Waals surface area contributed by atoms with Gasteiger partial charge in [0.05, 0.1) is 10.5 Å². The second-order valence-corrected chi connectivity index (χ2v) is 6.85. The lowest BCUT2D eigenvalue weighted by molar-refractivity contribution is 0.251. The van der Waals surface area contributed by atoms with Crippen LogP contribution in [0.1, 0.15) is 24.6 Å². The van der Waals surface area contributed by atoms with Gasteiger partial charge in [0.15, 0.2) is 0 Å². The van der Waals surface area contributed by atoms with Crippen LogP contribution in [0, 0.1) is 0 Å². The Hall–Kier alpha value is -0.420. The Morgan fingerprint density at radius 3 is 2.60 bits per heavy atom. The highest BCUT2D eigenvalue weighted by Gasteiger charge is 2.22. The number of hydrogen-bond donors (Lipinski definition) is 0. The molecule has 1 fully saturated rings. The van der Waals surface area contributed by atoms with Gasteiger partial charge < -0.3 is 4.90 Å². The van der Waals surface area contributed by atoms with Gasteiger partial charge in [-0.25, -0.2) is 9.97 Å². The maximum atomic E-state index is 6.30. The van der Waals surface area contributed by atoms with Crippen LogP contribution in [0.3, 0.4) is 0 Å². The van der Waals surface area contributed by atoms with Crippen LogP contribution in [-0.4, -0.2) is 35.0 Å². The van der Waals surface area contributed by atoms with Crippen LogP contribution in [0.5, 0.6) is 0 Å². The molecule has 2 heterocycles. The maximum absolute atomic E-state index is 6.30. The summed E-state index contributed by atoms with van der Waals surface area (Å²) in [5.41, 5.74) is 0.843. The summed E-state index contributed by atoms with van der Waals surface area (Å²) >= 11 is 15.8. The standard InChI is InChI=1S/C14H14BrCl2N3/c1-20-4-2-8(3-5-20)14-18-12-7-10(15)11(16)6-9(12)13(17)19-14/h6-8H,2-5H2,1H3. The first kappa shape index (κ1) is 14.5. The largest absolute Gasteiger partial charge is 0.306 e. The number of fused-ring (bicyclic) bond motifs is 1. The zero-order chi connectivity index (χ0) is 14.3. The van der Waals surface area contributed by atoms with Crippen molar-refractivity contribution < 1.29 is 0 Å². The lowest BCUT2D eigenvalue weighted by Crippen LogP contribution is -2.29. The van der Waals surface area contributed by atoms with Gasteiger partial charge in [-0.15, -0.1) is 0 Å². The summed E-state index contributed by atoms with van der Waals surface area (Å²) in [6.07, 6.45) is 2.15. The molecule has 0 N–H and O–H groups in total. The molecule has 3 nitrogen and oxygen atoms in total. The van der Waals surface area contributed by atoms with Crippen LogP contribution in [0.25, 0.3) is 10.9 Å². The van der Waals surface area contributed by atoms with Crippen LogP contribution in [0.15, 0.2) is 16.6 Å². The SMILES string of the molecule is CN1CCC(c2nc(Cl)c3cc(Cl)c(Br)cc3n2)CC1. The fraction of sp³-hybridized carbons (Fsp3) is 0.429. The molecular formula is C14H14BrCl2N3. The minimum atomic E-state index is 0.391. The van der Waals surface area contributed by atoms with Crippen molar-refractivity contribution in [2.75, 3.05) is 20.1 Å². The summed E-state index contributed by atoms with van der Waals surface area (Å²) < 4.78 is 0.829. The fourth-order valence-electron chi connectivity index (χ4n) is 2.55. The van der Waals surface area contributed by atoms with Crippen LogP contribution in [-0.2, 0) is 0 Å². The molecule has 6 heteroatoms. The van der Waals surface area contributed by atoms with Gasteiger partial charge in [0.1, 0.15) is 11.0 Å². The summed E-state index contributed by atoms with van der Waals surface area (Å²) in [5, 5.41) is 1.91. The van der Waals surface area contributed by atoms with Crippen LogP contribution < -0.4 is 0 Å². The van der Waals surface area contributed by atoms with E-state index in [2.05, 4.69) is 37.8 Å². The number of aromatic nitrogens is 2. The molecule has 0 atom stereocenters. The molecule has 2 aromatic rings. The molecule has 106 valence electrons. The summed E-state index contributed by atoms with van der Waals surface area (Å²) in [4.78, 5) is 11.5. The second-order valence-electron chi connectivity index (χ2n) is 5.23. The van der Waals surface area contributed by atoms with E-state index in [1.54, 1.807) is 0 Å². The van der Waals surface area contributed by atoms with Crippen LogP contribution >= 0.6 is 39.1 Å². The monoisotopic (exact) mass is 373 g/mol. The van der Waals surface area contributed by atoms with Gasteiger partial charge in [-0.05, 0) is 61.0 Å². The third-order valence-corrected chi connectivity index (χ3v) is 5.28. The predicted molar refractivity (Wildman–Crippen MR) is 86.7 cm³/mol. The molecule has 20 heavy (non-hydrogen) atoms. The van der Waals surface area contributed by atoms with E-state index in [0.29, 0.717) is 16.1 Å². The van der Waals surface area contributed by atoms with Gasteiger partial charge in [0, 0.05) is 15.8 Å². The van der Waals surface area contributed by atoms with Gasteiger partial charge in [-0.1, -0.05) is 23.2 Å². The lowest BCUT2D eigenvalue weighted by Gasteiger charge is -2.28. The molecule has 0 amide bonds. The topological polar surface area (TPSA) is 29.0 Å². The summed E-state index contributed by atoms with van der Waals surface area (Å²) in [5.74, 6) is 1.24. The molecule has 1 aromatic heterocycles. The Morgan fingerprint density at radius 2 is 1.90 bits per heavy atom. The molecule has 3 rings (SSSR count). The van der Waals surface area contributed by atoms with Crippen molar-refractivity contribution in [1.82, 2.24) is 14.9 Å². The average Bonchev–Trinajstić information content (AvgIpc) is 2.42. The third-order valence-electron chi connectivity index (χ3n) is 3.79. The number of nitrogens with zero attached hydrogens (tertiary/aromatic N) is 3. The van der Waals surface area contributed by atoms with E-state index in [0.717, 1.165) is 47.1 Å². The van der Waals surface area contributed by atoms with Crippen molar-refractivity contribution in [3.63, 3.8) is 0 Å². The third kappa shape index (κ3) is 2.80. The predicted octanol–water partition coefficient (Wildman–Crippen LogP) is 4.51. The second kappa shape index (κ2) is 5.76. The highest BCUT2D eigenvalue weighted by molar-refractivity contribution is 9.10. The molecule has 0 aliphatic carbocycles. The molecule has 1 saturated heterocycles. The number of rotatable bonds is 1. The minimum absolute atomic E-state index is 0.391. The first-order valence-corrected chi connectivity index (χ1v) is 8.10. The number of benzene rings is 1. The summed E-state index contributed by atoms with van der Waals surface area (Å²) in [6, 6.07) is 3.71. The number of hydrogen-bond acceptors (Lipinski definition) is 3. The Morgan fingerprint density at radius 1 is 1.20 bits per heavy atom. The van der Waals surface area contributed by atoms with E-state index in [4.69, 9.17) is 23.2 Å². The Balaban J connectivity index is 2.03. The molecular weight excluding hydrogens is 361 g/mol. The lowest BCUT2D eigenvalue weighted by atomic mass is 9.96. The first-order valence-electron chi connectivity index (χ1n) is 6.55. The molecule has 0 spiro atoms. The van der Waals surface area contributed by atoms with Gasteiger partial charge in [0.2, 0.25) is 0 Å². The molecule has 1 aliphatic rings. The first-order chi connectivity index (χ1) is 9.54. The summed E-state index contributed by atoms with van der Waals surface area (Å²) in [6.45, 7) is 2.15. The van der Waals surface area contributed by atoms with E-state index in [9.17, 15) is 0 Å². The van der Waals surface area contributed by atoms with Crippen molar-refractivity contribution in [2.45, 2.75) is 18.8 Å². The number of halogens is 3. The van der Waals surface area contributed by atoms with Crippen LogP contribution in [0.2, 0.25) is 10.2 Å². The molecule has 1 aliphatic heterocycles. The normalized spacial score (nSPS) is 17.8. The van der Waals surface area contributed by atoms with Gasteiger partial charge in [0.25, 0.3) is 0 Å². The van der Waals surface area contributed by atoms with Gasteiger partial charge in [-0.2, -0.15) is 0 Å². The van der Waals surface area contributed by atoms with E-state index in [-0.39, 0.29) is 0 Å². The molecule has 0 unspecified atom stereocenters. The number of likely N-dealkylation sites (tertiary alicyclic amines) is 1. The van der Waals surface area contributed by atoms with Crippen LogP contribution in [0.4, 0.5) is 0 Å². The van der Waals surface area contributed by atoms with Gasteiger partial charge >= 0.3 is 0 Å². The Labute approximate surface area is 136 Å². The molecule has 0 bridgehead atoms. The van der Waals surface area contributed by atoms with E-state index < -0.39 is 0 Å². The molecule has 0 radical (unpaired) electrons. The fourth-order valence-corrected chi connectivity index (χ4v) is 3.29. The number of piperidine rings is 1. The van der Waals surface area contributed by atoms with E-state index in [1.165, 1.54) is 0 Å². The highest BCUT2D eigenvalue weighted by atomic mass is 79.9. The highest BCUT2D eigenvalue weighted by Crippen LogP contribution is 2.33. The average molecular weight is 375 g/mol. The van der Waals surface area contributed by atoms with E-state index in [1.807, 2.05) is 12.1 Å². The van der Waals surface area contributed by atoms with Crippen molar-refractivity contribution in [1.29, 1.82) is 0 Å². The van der Waals surface area contributed by atoms with Crippen molar-refractivity contribution in [2.24, 2.45) is 0 Å². The maximum Gasteiger partial charge on any atom is 0.140 e. The summed E-state index contributed by atoms with van der Waals surface area (Å²) in [7, 11) is 2.14. The molecule has 1 aromatic carbocycles. The molecule has 0 saturated carbocycles. The van der Waals surface area contributed by atoms with E-state index >= 15 is 0 Å². The zero-order valence-electron chi connectivity index (χ0n) is 11.0. The smallest absolute Gasteiger partial charge is 0.140 e. The zero-order valence-corrected chi connectivity index (χ0v) is 14.1. The Bertz CT molecular complexity index is 654.